The van der Waals surface area contributed by atoms with Crippen molar-refractivity contribution in [3.63, 3.8) is 0 Å². The highest BCUT2D eigenvalue weighted by molar-refractivity contribution is 7.92. The lowest BCUT2D eigenvalue weighted by atomic mass is 9.70. The first-order chi connectivity index (χ1) is 30.4. The summed E-state index contributed by atoms with van der Waals surface area (Å²) in [6.07, 6.45) is 9.36. The van der Waals surface area contributed by atoms with Crippen LogP contribution in [0.3, 0.4) is 0 Å². The van der Waals surface area contributed by atoms with Crippen molar-refractivity contribution >= 4 is 51.2 Å². The summed E-state index contributed by atoms with van der Waals surface area (Å²) in [6.45, 7) is 10.8. The molecule has 1 unspecified atom stereocenters. The van der Waals surface area contributed by atoms with E-state index in [2.05, 4.69) is 26.6 Å². The SMILES string of the molecule is CN(C)C(=O)[C@@H](NC(=O)CNC(=O)C(=O)C(CC1CC1)NC(=O)[C@@H]1[C@@H]2[C@H](CN1C(=O)[C@@H](NC(=O)NC1(CS(=O)(=O)C(C)(C)C)CCCCC1)C1(C)CCCCC1)C2(C)C)c1ccccc1. The highest BCUT2D eigenvalue weighted by Crippen LogP contribution is 2.65. The number of sulfone groups is 1. The number of nitrogens with zero attached hydrogens (tertiary/aromatic N) is 2. The lowest BCUT2D eigenvalue weighted by Crippen LogP contribution is -2.65. The van der Waals surface area contributed by atoms with Crippen LogP contribution < -0.4 is 26.6 Å². The zero-order chi connectivity index (χ0) is 47.7. The zero-order valence-electron chi connectivity index (χ0n) is 39.7. The standard InChI is InChI=1S/C48H73N7O9S/c1-45(2,3)65(63,64)29-48(24-16-11-17-25-48)53-44(62)52-39(47(6)22-14-10-15-23-47)43(61)55-28-32-35(46(32,4)5)37(55)40(58)50-33(26-30-20-21-30)38(57)41(59)49-27-34(56)51-36(42(60)54(7)8)31-18-12-9-13-19-31/h9,12-13,18-19,30,32-33,35-37,39H,10-11,14-17,20-29H2,1-8H3,(H,49,59)(H,50,58)(H,51,56)(H2,52,53,62)/t32-,33?,35-,36-,37-,39+/m0/s1. The molecule has 1 aromatic carbocycles. The Kier molecular flexibility index (Phi) is 14.9. The van der Waals surface area contributed by atoms with Crippen molar-refractivity contribution in [2.24, 2.45) is 28.6 Å². The van der Waals surface area contributed by atoms with Gasteiger partial charge < -0.3 is 36.4 Å². The largest absolute Gasteiger partial charge is 0.347 e. The number of hydrogen-bond acceptors (Lipinski definition) is 9. The first kappa shape index (κ1) is 49.9. The van der Waals surface area contributed by atoms with Crippen molar-refractivity contribution in [2.75, 3.05) is 32.9 Å². The monoisotopic (exact) mass is 924 g/mol. The van der Waals surface area contributed by atoms with Crippen LogP contribution >= 0.6 is 0 Å². The average molecular weight is 924 g/mol. The Hall–Kier alpha value is -4.54. The molecule has 6 atom stereocenters. The third-order valence-electron chi connectivity index (χ3n) is 15.2. The summed E-state index contributed by atoms with van der Waals surface area (Å²) in [4.78, 5) is 100. The van der Waals surface area contributed by atoms with E-state index >= 15 is 4.79 Å². The second-order valence-electron chi connectivity index (χ2n) is 21.8. The summed E-state index contributed by atoms with van der Waals surface area (Å²) in [5.74, 6) is -4.34. The molecule has 17 heteroatoms. The van der Waals surface area contributed by atoms with Crippen molar-refractivity contribution in [3.8, 4) is 0 Å². The van der Waals surface area contributed by atoms with Crippen molar-refractivity contribution in [1.82, 2.24) is 36.4 Å². The summed E-state index contributed by atoms with van der Waals surface area (Å²) in [7, 11) is -0.486. The van der Waals surface area contributed by atoms with Gasteiger partial charge in [0.15, 0.2) is 9.84 Å². The Labute approximate surface area is 385 Å². The minimum Gasteiger partial charge on any atom is -0.347 e. The molecule has 1 heterocycles. The van der Waals surface area contributed by atoms with Crippen LogP contribution in [-0.4, -0.2) is 121 Å². The Balaban J connectivity index is 1.18. The molecular weight excluding hydrogens is 851 g/mol. The third kappa shape index (κ3) is 11.4. The maximum atomic E-state index is 15.1. The molecule has 0 bridgehead atoms. The van der Waals surface area contributed by atoms with Crippen LogP contribution in [0, 0.1) is 28.6 Å². The number of urea groups is 1. The zero-order valence-corrected chi connectivity index (χ0v) is 40.5. The number of likely N-dealkylation sites (tertiary alicyclic amines) is 1. The number of carbonyl (C=O) groups excluding carboxylic acids is 7. The van der Waals surface area contributed by atoms with Crippen molar-refractivity contribution in [3.05, 3.63) is 35.9 Å². The fraction of sp³-hybridized carbons (Fsp3) is 0.729. The molecule has 4 aliphatic carbocycles. The number of Topliss-reactive ketones (excluding diaryl/α,β-unsaturated/α-hetero) is 1. The number of carbonyl (C=O) groups is 7. The van der Waals surface area contributed by atoms with Crippen molar-refractivity contribution in [2.45, 2.75) is 159 Å². The number of fused-ring (bicyclic) bond motifs is 1. The third-order valence-corrected chi connectivity index (χ3v) is 18.0. The maximum absolute atomic E-state index is 15.1. The molecule has 4 saturated carbocycles. The van der Waals surface area contributed by atoms with Gasteiger partial charge in [-0.25, -0.2) is 13.2 Å². The van der Waals surface area contributed by atoms with E-state index in [1.54, 1.807) is 70.1 Å². The van der Waals surface area contributed by atoms with Crippen molar-refractivity contribution < 1.29 is 42.0 Å². The van der Waals surface area contributed by atoms with Crippen LogP contribution in [0.4, 0.5) is 4.79 Å². The number of likely N-dealkylation sites (N-methyl/N-ethyl adjacent to an activating group) is 1. The van der Waals surface area contributed by atoms with E-state index in [1.807, 2.05) is 20.8 Å². The molecular formula is C48H73N7O9S. The van der Waals surface area contributed by atoms with Gasteiger partial charge in [-0.2, -0.15) is 0 Å². The smallest absolute Gasteiger partial charge is 0.315 e. The maximum Gasteiger partial charge on any atom is 0.315 e. The van der Waals surface area contributed by atoms with Gasteiger partial charge in [0.2, 0.25) is 29.4 Å². The van der Waals surface area contributed by atoms with Crippen LogP contribution in [0.5, 0.6) is 0 Å². The first-order valence-corrected chi connectivity index (χ1v) is 25.3. The van der Waals surface area contributed by atoms with Crippen LogP contribution in [0.2, 0.25) is 0 Å². The fourth-order valence-electron chi connectivity index (χ4n) is 10.7. The number of benzene rings is 1. The molecule has 7 amide bonds. The van der Waals surface area contributed by atoms with Gasteiger partial charge in [0, 0.05) is 20.6 Å². The van der Waals surface area contributed by atoms with Crippen LogP contribution in [0.25, 0.3) is 0 Å². The molecule has 5 fully saturated rings. The van der Waals surface area contributed by atoms with E-state index in [4.69, 9.17) is 0 Å². The molecule has 0 spiro atoms. The molecule has 1 aromatic rings. The summed E-state index contributed by atoms with van der Waals surface area (Å²) in [6, 6.07) is 3.82. The van der Waals surface area contributed by atoms with E-state index < -0.39 is 91.7 Å². The molecule has 360 valence electrons. The Morgan fingerprint density at radius 1 is 0.831 bits per heavy atom. The summed E-state index contributed by atoms with van der Waals surface area (Å²) in [5.41, 5.74) is -1.38. The number of hydrogen-bond donors (Lipinski definition) is 5. The number of nitrogens with one attached hydrogen (secondary N) is 5. The molecule has 65 heavy (non-hydrogen) atoms. The minimum absolute atomic E-state index is 0.0116. The molecule has 1 aliphatic heterocycles. The van der Waals surface area contributed by atoms with Gasteiger partial charge in [-0.1, -0.05) is 102 Å². The van der Waals surface area contributed by atoms with Gasteiger partial charge in [0.25, 0.3) is 5.91 Å². The highest BCUT2D eigenvalue weighted by Gasteiger charge is 2.70. The van der Waals surface area contributed by atoms with E-state index in [9.17, 15) is 37.2 Å². The number of rotatable bonds is 17. The van der Waals surface area contributed by atoms with Gasteiger partial charge in [-0.15, -0.1) is 0 Å². The van der Waals surface area contributed by atoms with E-state index in [0.29, 0.717) is 31.2 Å². The number of piperidine rings is 1. The quantitative estimate of drug-likeness (QED) is 0.143. The summed E-state index contributed by atoms with van der Waals surface area (Å²) < 4.78 is 26.1. The molecule has 16 nitrogen and oxygen atoms in total. The lowest BCUT2D eigenvalue weighted by Gasteiger charge is -2.44. The van der Waals surface area contributed by atoms with Crippen molar-refractivity contribution in [1.29, 1.82) is 0 Å². The van der Waals surface area contributed by atoms with Gasteiger partial charge in [-0.3, -0.25) is 28.8 Å². The lowest BCUT2D eigenvalue weighted by molar-refractivity contribution is -0.146. The topological polar surface area (TPSA) is 220 Å². The second kappa shape index (κ2) is 19.4. The molecule has 0 aromatic heterocycles. The van der Waals surface area contributed by atoms with E-state index in [-0.39, 0.29) is 47.8 Å². The fourth-order valence-corrected chi connectivity index (χ4v) is 12.2. The van der Waals surface area contributed by atoms with Gasteiger partial charge >= 0.3 is 6.03 Å². The summed E-state index contributed by atoms with van der Waals surface area (Å²) in [5, 5.41) is 14.0. The van der Waals surface area contributed by atoms with E-state index in [1.165, 1.54) is 4.90 Å². The Morgan fingerprint density at radius 2 is 1.43 bits per heavy atom. The second-order valence-corrected chi connectivity index (χ2v) is 24.5. The van der Waals surface area contributed by atoms with Gasteiger partial charge in [-0.05, 0) is 87.0 Å². The Morgan fingerprint density at radius 3 is 2.00 bits per heavy atom. The van der Waals surface area contributed by atoms with Crippen LogP contribution in [0.15, 0.2) is 30.3 Å². The predicted octanol–water partition coefficient (Wildman–Crippen LogP) is 3.94. The summed E-state index contributed by atoms with van der Waals surface area (Å²) >= 11 is 0. The minimum atomic E-state index is -3.62. The predicted molar refractivity (Wildman–Crippen MR) is 246 cm³/mol. The van der Waals surface area contributed by atoms with Gasteiger partial charge in [0.05, 0.1) is 28.6 Å². The normalized spacial score (nSPS) is 24.5. The number of amides is 7. The molecule has 5 N–H and O–H groups in total. The number of ketones is 1. The molecule has 1 saturated heterocycles. The Bertz CT molecular complexity index is 2090. The van der Waals surface area contributed by atoms with Gasteiger partial charge in [0.1, 0.15) is 18.1 Å². The van der Waals surface area contributed by atoms with Crippen LogP contribution in [-0.2, 0) is 38.6 Å². The van der Waals surface area contributed by atoms with Crippen LogP contribution in [0.1, 0.15) is 137 Å². The van der Waals surface area contributed by atoms with E-state index in [0.717, 1.165) is 51.4 Å². The molecule has 5 aliphatic rings. The average Bonchev–Trinajstić information content (AvgIpc) is 4.10. The molecule has 6 rings (SSSR count). The molecule has 0 radical (unpaired) electrons. The highest BCUT2D eigenvalue weighted by atomic mass is 32.2. The first-order valence-electron chi connectivity index (χ1n) is 23.7.